The summed E-state index contributed by atoms with van der Waals surface area (Å²) in [5.74, 6) is -0.912. The standard InChI is InChI=1S/C12H12ClF3O2/c13-11-8(4-1-2-7-10(17)18)5-3-6-9(11)12(14,15)16/h3,5-6H,1-2,4,7H2,(H,17,18). The molecule has 0 aliphatic rings. The normalized spacial score (nSPS) is 11.6. The third-order valence-corrected chi connectivity index (χ3v) is 2.92. The predicted molar refractivity (Wildman–Crippen MR) is 61.6 cm³/mol. The number of carboxylic acids is 1. The van der Waals surface area contributed by atoms with Crippen molar-refractivity contribution in [1.82, 2.24) is 0 Å². The van der Waals surface area contributed by atoms with Crippen LogP contribution in [0.25, 0.3) is 0 Å². The molecule has 0 unspecified atom stereocenters. The lowest BCUT2D eigenvalue weighted by Gasteiger charge is -2.12. The van der Waals surface area contributed by atoms with Crippen LogP contribution in [0, 0.1) is 0 Å². The topological polar surface area (TPSA) is 37.3 Å². The van der Waals surface area contributed by atoms with Crippen molar-refractivity contribution in [2.45, 2.75) is 31.9 Å². The quantitative estimate of drug-likeness (QED) is 0.823. The van der Waals surface area contributed by atoms with Crippen LogP contribution in [0.2, 0.25) is 5.02 Å². The largest absolute Gasteiger partial charge is 0.481 e. The van der Waals surface area contributed by atoms with Gasteiger partial charge in [0, 0.05) is 6.42 Å². The van der Waals surface area contributed by atoms with Gasteiger partial charge in [0.15, 0.2) is 0 Å². The van der Waals surface area contributed by atoms with Gasteiger partial charge < -0.3 is 5.11 Å². The van der Waals surface area contributed by atoms with Gasteiger partial charge in [-0.3, -0.25) is 4.79 Å². The van der Waals surface area contributed by atoms with Gasteiger partial charge in [-0.05, 0) is 30.9 Å². The summed E-state index contributed by atoms with van der Waals surface area (Å²) in [5, 5.41) is 8.15. The number of aliphatic carboxylic acids is 1. The van der Waals surface area contributed by atoms with Gasteiger partial charge in [-0.15, -0.1) is 0 Å². The van der Waals surface area contributed by atoms with E-state index in [0.29, 0.717) is 24.8 Å². The Labute approximate surface area is 107 Å². The Bertz CT molecular complexity index is 430. The van der Waals surface area contributed by atoms with E-state index < -0.39 is 17.7 Å². The lowest BCUT2D eigenvalue weighted by molar-refractivity contribution is -0.138. The molecule has 0 aliphatic carbocycles. The maximum atomic E-state index is 12.6. The second kappa shape index (κ2) is 6.09. The molecule has 0 bridgehead atoms. The Balaban J connectivity index is 2.70. The Kier molecular flexibility index (Phi) is 5.02. The second-order valence-corrected chi connectivity index (χ2v) is 4.26. The van der Waals surface area contributed by atoms with Crippen LogP contribution in [0.1, 0.15) is 30.4 Å². The maximum Gasteiger partial charge on any atom is 0.417 e. The number of aryl methyl sites for hydroxylation is 1. The minimum absolute atomic E-state index is 0.0105. The summed E-state index contributed by atoms with van der Waals surface area (Å²) in [6.07, 6.45) is -3.20. The number of hydrogen-bond acceptors (Lipinski definition) is 1. The minimum atomic E-state index is -4.46. The van der Waals surface area contributed by atoms with Crippen molar-refractivity contribution >= 4 is 17.6 Å². The molecule has 0 atom stereocenters. The van der Waals surface area contributed by atoms with E-state index in [1.54, 1.807) is 0 Å². The van der Waals surface area contributed by atoms with Crippen LogP contribution in [0.3, 0.4) is 0 Å². The van der Waals surface area contributed by atoms with Crippen LogP contribution in [0.5, 0.6) is 0 Å². The minimum Gasteiger partial charge on any atom is -0.481 e. The van der Waals surface area contributed by atoms with Gasteiger partial charge in [0.05, 0.1) is 10.6 Å². The van der Waals surface area contributed by atoms with E-state index in [1.807, 2.05) is 0 Å². The van der Waals surface area contributed by atoms with E-state index >= 15 is 0 Å². The SMILES string of the molecule is O=C(O)CCCCc1cccc(C(F)(F)F)c1Cl. The molecule has 0 spiro atoms. The Morgan fingerprint density at radius 3 is 2.50 bits per heavy atom. The first kappa shape index (κ1) is 14.8. The summed E-state index contributed by atoms with van der Waals surface area (Å²) < 4.78 is 37.7. The van der Waals surface area contributed by atoms with Crippen LogP contribution in [0.15, 0.2) is 18.2 Å². The van der Waals surface area contributed by atoms with Crippen molar-refractivity contribution < 1.29 is 23.1 Å². The molecule has 1 aromatic carbocycles. The molecule has 1 N–H and O–H groups in total. The molecule has 0 fully saturated rings. The molecule has 6 heteroatoms. The van der Waals surface area contributed by atoms with Crippen LogP contribution in [-0.2, 0) is 17.4 Å². The lowest BCUT2D eigenvalue weighted by atomic mass is 10.0. The van der Waals surface area contributed by atoms with Crippen molar-refractivity contribution in [1.29, 1.82) is 0 Å². The molecular weight excluding hydrogens is 269 g/mol. The number of halogens is 4. The molecule has 0 amide bonds. The first-order valence-corrected chi connectivity index (χ1v) is 5.76. The molecule has 0 aromatic heterocycles. The van der Waals surface area contributed by atoms with E-state index in [4.69, 9.17) is 16.7 Å². The van der Waals surface area contributed by atoms with Gasteiger partial charge in [0.2, 0.25) is 0 Å². The van der Waals surface area contributed by atoms with Gasteiger partial charge in [-0.25, -0.2) is 0 Å². The van der Waals surface area contributed by atoms with Crippen LogP contribution < -0.4 is 0 Å². The summed E-state index contributed by atoms with van der Waals surface area (Å²) in [6.45, 7) is 0. The van der Waals surface area contributed by atoms with E-state index in [9.17, 15) is 18.0 Å². The van der Waals surface area contributed by atoms with Crippen molar-refractivity contribution in [3.63, 3.8) is 0 Å². The Morgan fingerprint density at radius 2 is 1.94 bits per heavy atom. The first-order valence-electron chi connectivity index (χ1n) is 5.38. The van der Waals surface area contributed by atoms with Crippen molar-refractivity contribution in [3.05, 3.63) is 34.3 Å². The van der Waals surface area contributed by atoms with Crippen LogP contribution in [-0.4, -0.2) is 11.1 Å². The zero-order valence-corrected chi connectivity index (χ0v) is 10.2. The monoisotopic (exact) mass is 280 g/mol. The van der Waals surface area contributed by atoms with E-state index in [-0.39, 0.29) is 11.4 Å². The molecule has 1 rings (SSSR count). The zero-order chi connectivity index (χ0) is 13.8. The smallest absolute Gasteiger partial charge is 0.417 e. The fraction of sp³-hybridized carbons (Fsp3) is 0.417. The highest BCUT2D eigenvalue weighted by Crippen LogP contribution is 2.36. The van der Waals surface area contributed by atoms with Crippen LogP contribution in [0.4, 0.5) is 13.2 Å². The number of unbranched alkanes of at least 4 members (excludes halogenated alkanes) is 1. The number of carboxylic acid groups (broad SMARTS) is 1. The average Bonchev–Trinajstić information content (AvgIpc) is 2.24. The molecule has 1 aromatic rings. The maximum absolute atomic E-state index is 12.6. The van der Waals surface area contributed by atoms with Crippen molar-refractivity contribution in [2.75, 3.05) is 0 Å². The molecule has 18 heavy (non-hydrogen) atoms. The highest BCUT2D eigenvalue weighted by atomic mass is 35.5. The van der Waals surface area contributed by atoms with E-state index in [0.717, 1.165) is 6.07 Å². The fourth-order valence-corrected chi connectivity index (χ4v) is 1.91. The van der Waals surface area contributed by atoms with Gasteiger partial charge in [0.1, 0.15) is 0 Å². The Hall–Kier alpha value is -1.23. The van der Waals surface area contributed by atoms with Crippen molar-refractivity contribution in [3.8, 4) is 0 Å². The summed E-state index contributed by atoms with van der Waals surface area (Å²) in [6, 6.07) is 3.77. The average molecular weight is 281 g/mol. The van der Waals surface area contributed by atoms with E-state index in [2.05, 4.69) is 0 Å². The Morgan fingerprint density at radius 1 is 1.28 bits per heavy atom. The molecule has 100 valence electrons. The van der Waals surface area contributed by atoms with Gasteiger partial charge >= 0.3 is 12.1 Å². The number of carbonyl (C=O) groups is 1. The highest BCUT2D eigenvalue weighted by molar-refractivity contribution is 6.32. The summed E-state index contributed by atoms with van der Waals surface area (Å²) >= 11 is 5.70. The number of rotatable bonds is 5. The zero-order valence-electron chi connectivity index (χ0n) is 9.43. The molecule has 0 saturated carbocycles. The number of benzene rings is 1. The number of hydrogen-bond donors (Lipinski definition) is 1. The van der Waals surface area contributed by atoms with E-state index in [1.165, 1.54) is 12.1 Å². The molecule has 0 saturated heterocycles. The highest BCUT2D eigenvalue weighted by Gasteiger charge is 2.33. The number of alkyl halides is 3. The van der Waals surface area contributed by atoms with Gasteiger partial charge in [-0.2, -0.15) is 13.2 Å². The summed E-state index contributed by atoms with van der Waals surface area (Å²) in [4.78, 5) is 10.3. The third kappa shape index (κ3) is 4.22. The third-order valence-electron chi connectivity index (χ3n) is 2.47. The first-order chi connectivity index (χ1) is 8.32. The summed E-state index contributed by atoms with van der Waals surface area (Å²) in [5.41, 5.74) is -0.447. The summed E-state index contributed by atoms with van der Waals surface area (Å²) in [7, 11) is 0. The molecule has 0 heterocycles. The molecular formula is C12H12ClF3O2. The van der Waals surface area contributed by atoms with Gasteiger partial charge in [-0.1, -0.05) is 23.7 Å². The fourth-order valence-electron chi connectivity index (χ4n) is 1.58. The molecule has 0 radical (unpaired) electrons. The lowest BCUT2D eigenvalue weighted by Crippen LogP contribution is -2.07. The van der Waals surface area contributed by atoms with Gasteiger partial charge in [0.25, 0.3) is 0 Å². The molecule has 0 aliphatic heterocycles. The van der Waals surface area contributed by atoms with Crippen molar-refractivity contribution in [2.24, 2.45) is 0 Å². The second-order valence-electron chi connectivity index (χ2n) is 3.88. The predicted octanol–water partition coefficient (Wildman–Crippen LogP) is 4.16. The molecule has 2 nitrogen and oxygen atoms in total. The van der Waals surface area contributed by atoms with Crippen LogP contribution >= 0.6 is 11.6 Å².